The van der Waals surface area contributed by atoms with E-state index in [1.165, 1.54) is 0 Å². The van der Waals surface area contributed by atoms with E-state index < -0.39 is 29.4 Å². The van der Waals surface area contributed by atoms with Crippen LogP contribution in [0.5, 0.6) is 0 Å². The Kier molecular flexibility index (Phi) is 15.3. The van der Waals surface area contributed by atoms with Crippen LogP contribution in [0, 0.1) is 5.92 Å². The number of β-amino-alcohol motifs (C(OH)–C–C–N with tert-alkyl or cyclic N) is 1. The second kappa shape index (κ2) is 17.9. The summed E-state index contributed by atoms with van der Waals surface area (Å²) in [4.78, 5) is 40.4. The van der Waals surface area contributed by atoms with Gasteiger partial charge in [-0.2, -0.15) is 0 Å². The van der Waals surface area contributed by atoms with Crippen molar-refractivity contribution in [2.24, 2.45) is 5.92 Å². The molecule has 1 N–H and O–H groups in total. The highest BCUT2D eigenvalue weighted by atomic mass is 35.5. The van der Waals surface area contributed by atoms with Crippen molar-refractivity contribution in [3.63, 3.8) is 0 Å². The zero-order chi connectivity index (χ0) is 34.8. The molecule has 2 fully saturated rings. The number of hydrogen-bond donors (Lipinski definition) is 1. The summed E-state index contributed by atoms with van der Waals surface area (Å²) >= 11 is 11.7. The molecule has 0 spiro atoms. The van der Waals surface area contributed by atoms with Gasteiger partial charge >= 0.3 is 12.2 Å². The molecule has 0 radical (unpaired) electrons. The van der Waals surface area contributed by atoms with Gasteiger partial charge in [0.1, 0.15) is 11.2 Å². The molecule has 2 aromatic rings. The van der Waals surface area contributed by atoms with Crippen molar-refractivity contribution in [2.75, 3.05) is 13.1 Å². The number of nitrogens with zero attached hydrogens (tertiary/aromatic N) is 2. The van der Waals surface area contributed by atoms with Gasteiger partial charge in [0, 0.05) is 29.6 Å². The highest BCUT2D eigenvalue weighted by Crippen LogP contribution is 2.28. The van der Waals surface area contributed by atoms with Crippen molar-refractivity contribution in [2.45, 2.75) is 118 Å². The van der Waals surface area contributed by atoms with Crippen LogP contribution >= 0.6 is 23.2 Å². The quantitative estimate of drug-likeness (QED) is 0.323. The maximum absolute atomic E-state index is 12.7. The first-order chi connectivity index (χ1) is 21.3. The van der Waals surface area contributed by atoms with Crippen molar-refractivity contribution in [1.29, 1.82) is 0 Å². The highest BCUT2D eigenvalue weighted by molar-refractivity contribution is 6.30. The third-order valence-corrected chi connectivity index (χ3v) is 7.48. The number of aliphatic hydroxyl groups is 1. The minimum Gasteiger partial charge on any atom is -0.444 e. The van der Waals surface area contributed by atoms with Crippen molar-refractivity contribution < 1.29 is 30.3 Å². The number of carbonyl (C=O) groups excluding carboxylic acids is 3. The Bertz CT molecular complexity index is 1280. The third-order valence-electron chi connectivity index (χ3n) is 6.97. The minimum absolute atomic E-state index is 0. The molecular formula is C36H54Cl2N2O6. The maximum Gasteiger partial charge on any atom is 0.410 e. The lowest BCUT2D eigenvalue weighted by molar-refractivity contribution is 0.0204. The van der Waals surface area contributed by atoms with Crippen molar-refractivity contribution in [3.05, 3.63) is 69.7 Å². The second-order valence-corrected chi connectivity index (χ2v) is 14.2. The number of carbonyl (C=O) groups is 3. The summed E-state index contributed by atoms with van der Waals surface area (Å²) in [5.41, 5.74) is 0.552. The van der Waals surface area contributed by atoms with Crippen LogP contribution in [0.3, 0.4) is 0 Å². The molecule has 0 saturated carbocycles. The van der Waals surface area contributed by atoms with Gasteiger partial charge in [-0.05, 0) is 109 Å². The van der Waals surface area contributed by atoms with Gasteiger partial charge in [0.25, 0.3) is 0 Å². The van der Waals surface area contributed by atoms with Gasteiger partial charge in [0.05, 0.1) is 18.7 Å². The van der Waals surface area contributed by atoms with Crippen molar-refractivity contribution in [1.82, 2.24) is 9.80 Å². The van der Waals surface area contributed by atoms with Crippen LogP contribution in [-0.2, 0) is 15.9 Å². The summed E-state index contributed by atoms with van der Waals surface area (Å²) in [5.74, 6) is 0.209. The molecule has 2 aliphatic heterocycles. The molecule has 2 aromatic carbocycles. The molecule has 8 nitrogen and oxygen atoms in total. The number of hydrogen-bond acceptors (Lipinski definition) is 6. The van der Waals surface area contributed by atoms with Crippen molar-refractivity contribution in [3.8, 4) is 0 Å². The number of benzene rings is 2. The first kappa shape index (κ1) is 39.4. The molecule has 258 valence electrons. The number of Topliss-reactive ketones (excluding diaryl/α,β-unsaturated/α-hetero) is 1. The Morgan fingerprint density at radius 3 is 1.78 bits per heavy atom. The Morgan fingerprint density at radius 1 is 0.848 bits per heavy atom. The van der Waals surface area contributed by atoms with Gasteiger partial charge in [0.2, 0.25) is 0 Å². The minimum atomic E-state index is -0.573. The van der Waals surface area contributed by atoms with Crippen LogP contribution in [0.4, 0.5) is 9.59 Å². The Balaban J connectivity index is 0.000000426. The van der Waals surface area contributed by atoms with Crippen LogP contribution < -0.4 is 0 Å². The highest BCUT2D eigenvalue weighted by Gasteiger charge is 2.40. The summed E-state index contributed by atoms with van der Waals surface area (Å²) in [5, 5.41) is 11.1. The Morgan fingerprint density at radius 2 is 1.30 bits per heavy atom. The molecule has 0 bridgehead atoms. The summed E-state index contributed by atoms with van der Waals surface area (Å²) in [6.45, 7) is 16.2. The average molecular weight is 683 g/mol. The summed E-state index contributed by atoms with van der Waals surface area (Å²) in [6, 6.07) is 13.8. The van der Waals surface area contributed by atoms with Gasteiger partial charge in [-0.15, -0.1) is 0 Å². The smallest absolute Gasteiger partial charge is 0.410 e. The number of ketones is 1. The number of amides is 2. The fourth-order valence-electron chi connectivity index (χ4n) is 5.15. The third kappa shape index (κ3) is 13.1. The molecule has 46 heavy (non-hydrogen) atoms. The average Bonchev–Trinajstić information content (AvgIpc) is 3.51. The van der Waals surface area contributed by atoms with E-state index >= 15 is 0 Å². The van der Waals surface area contributed by atoms with Gasteiger partial charge in [0.15, 0.2) is 5.78 Å². The zero-order valence-corrected chi connectivity index (χ0v) is 29.3. The number of halogens is 2. The predicted molar refractivity (Wildman–Crippen MR) is 187 cm³/mol. The van der Waals surface area contributed by atoms with E-state index in [2.05, 4.69) is 0 Å². The van der Waals surface area contributed by atoms with E-state index in [1.807, 2.05) is 72.7 Å². The first-order valence-corrected chi connectivity index (χ1v) is 16.1. The molecule has 4 atom stereocenters. The zero-order valence-electron chi connectivity index (χ0n) is 28.8. The summed E-state index contributed by atoms with van der Waals surface area (Å²) < 4.78 is 17.0. The number of aliphatic hydroxyl groups excluding tert-OH is 1. The molecule has 0 aromatic heterocycles. The standard InChI is InChI=1S/C17H22ClNO3.C16H22ClNO3.C2H6.CH4/c1-11-9-14(15(20)12-5-7-13(18)8-6-12)19(10-11)16(21)22-17(2,3)4;1-16(2,3)21-15(20)18-10-14(19)9-13(18)8-11-4-6-12(17)7-5-11;1-2;/h5-8,11,14H,9-10H2,1-4H3;4-7,13-14,19H,8-10H2,1-3H3;1-2H3;1H4/t11-,14-;13-,14+;;/m10../s1/i;;1D;. The van der Waals surface area contributed by atoms with Crippen LogP contribution in [0.1, 0.15) is 99.9 Å². The first-order valence-electron chi connectivity index (χ1n) is 16.0. The molecule has 0 unspecified atom stereocenters. The lowest BCUT2D eigenvalue weighted by Crippen LogP contribution is -2.43. The van der Waals surface area contributed by atoms with Crippen LogP contribution in [-0.4, -0.2) is 75.4 Å². The fourth-order valence-corrected chi connectivity index (χ4v) is 5.40. The van der Waals surface area contributed by atoms with Gasteiger partial charge in [-0.3, -0.25) is 9.69 Å². The SMILES string of the molecule is C.CC(C)(C)OC(=O)N1C[C@H](O)C[C@@H]1Cc1ccc(Cl)cc1.C[C@@H]1C[C@H](C(=O)c2ccc(Cl)cc2)N(C(=O)OC(C)(C)C)C1.[2H]CC. The molecule has 2 aliphatic rings. The topological polar surface area (TPSA) is 96.4 Å². The molecule has 2 amide bonds. The maximum atomic E-state index is 12.7. The van der Waals surface area contributed by atoms with E-state index in [0.29, 0.717) is 54.9 Å². The van der Waals surface area contributed by atoms with E-state index in [1.54, 1.807) is 41.0 Å². The second-order valence-electron chi connectivity index (χ2n) is 13.4. The normalized spacial score (nSPS) is 21.1. The largest absolute Gasteiger partial charge is 0.444 e. The van der Waals surface area contributed by atoms with Crippen LogP contribution in [0.2, 0.25) is 10.0 Å². The predicted octanol–water partition coefficient (Wildman–Crippen LogP) is 9.08. The number of rotatable bonds is 4. The lowest BCUT2D eigenvalue weighted by atomic mass is 9.99. The van der Waals surface area contributed by atoms with Gasteiger partial charge < -0.3 is 19.5 Å². The monoisotopic (exact) mass is 681 g/mol. The lowest BCUT2D eigenvalue weighted by Gasteiger charge is -2.28. The Labute approximate surface area is 287 Å². The molecule has 0 aliphatic carbocycles. The van der Waals surface area contributed by atoms with E-state index in [-0.39, 0.29) is 31.3 Å². The molecule has 2 saturated heterocycles. The molecule has 4 rings (SSSR count). The Hall–Kier alpha value is -2.81. The van der Waals surface area contributed by atoms with Crippen LogP contribution in [0.15, 0.2) is 48.5 Å². The fraction of sp³-hybridized carbons (Fsp3) is 0.583. The molecule has 2 heterocycles. The number of likely N-dealkylation sites (tertiary alicyclic amines) is 2. The van der Waals surface area contributed by atoms with E-state index in [9.17, 15) is 19.5 Å². The van der Waals surface area contributed by atoms with Gasteiger partial charge in [-0.1, -0.05) is 63.5 Å². The summed E-state index contributed by atoms with van der Waals surface area (Å²) in [6.07, 6.45) is 0.632. The van der Waals surface area contributed by atoms with Crippen molar-refractivity contribution >= 4 is 41.2 Å². The van der Waals surface area contributed by atoms with Gasteiger partial charge in [-0.25, -0.2) is 9.59 Å². The number of ether oxygens (including phenoxy) is 2. The summed E-state index contributed by atoms with van der Waals surface area (Å²) in [7, 11) is 0. The van der Waals surface area contributed by atoms with E-state index in [4.69, 9.17) is 34.0 Å². The van der Waals surface area contributed by atoms with E-state index in [0.717, 1.165) is 5.56 Å². The molecule has 10 heteroatoms. The van der Waals surface area contributed by atoms with Crippen LogP contribution in [0.25, 0.3) is 0 Å². The molecular weight excluding hydrogens is 627 g/mol.